The van der Waals surface area contributed by atoms with Crippen molar-refractivity contribution in [1.29, 1.82) is 0 Å². The van der Waals surface area contributed by atoms with Crippen LogP contribution < -0.4 is 14.2 Å². The molecule has 0 aromatic heterocycles. The van der Waals surface area contributed by atoms with E-state index in [9.17, 15) is 35.7 Å². The molecule has 11 nitrogen and oxygen atoms in total. The highest BCUT2D eigenvalue weighted by atomic mass is 16.5. The average Bonchev–Trinajstić information content (AvgIpc) is 2.94. The number of phenols is 1. The van der Waals surface area contributed by atoms with Crippen molar-refractivity contribution in [2.24, 2.45) is 5.92 Å². The Balaban J connectivity index is 1.63. The molecule has 2 aromatic carbocycles. The monoisotopic (exact) mass is 536 g/mol. The maximum Gasteiger partial charge on any atom is 0.161 e. The molecule has 1 aliphatic rings. The Bertz CT molecular complexity index is 1060. The molecule has 1 aliphatic carbocycles. The van der Waals surface area contributed by atoms with E-state index in [1.54, 1.807) is 30.4 Å². The summed E-state index contributed by atoms with van der Waals surface area (Å²) in [6, 6.07) is 9.38. The molecule has 3 rings (SSSR count). The number of aliphatic hydroxyl groups excluding tert-OH is 6. The molecule has 11 heteroatoms. The molecule has 210 valence electrons. The smallest absolute Gasteiger partial charge is 0.161 e. The second kappa shape index (κ2) is 13.8. The lowest BCUT2D eigenvalue weighted by molar-refractivity contribution is -0.174. The molecule has 2 aromatic rings. The molecular weight excluding hydrogens is 500 g/mol. The van der Waals surface area contributed by atoms with Gasteiger partial charge in [-0.25, -0.2) is 0 Å². The maximum absolute atomic E-state index is 10.8. The number of aliphatic hydroxyl groups is 6. The molecule has 0 radical (unpaired) electrons. The lowest BCUT2D eigenvalue weighted by Crippen LogP contribution is -2.55. The Labute approximate surface area is 220 Å². The van der Waals surface area contributed by atoms with E-state index in [1.165, 1.54) is 32.4 Å². The van der Waals surface area contributed by atoms with Gasteiger partial charge in [0.1, 0.15) is 18.3 Å². The minimum absolute atomic E-state index is 0.0821. The van der Waals surface area contributed by atoms with Gasteiger partial charge in [0.15, 0.2) is 29.1 Å². The summed E-state index contributed by atoms with van der Waals surface area (Å²) < 4.78 is 22.0. The Morgan fingerprint density at radius 2 is 1.66 bits per heavy atom. The quantitative estimate of drug-likeness (QED) is 0.199. The molecule has 0 spiro atoms. The zero-order chi connectivity index (χ0) is 27.8. The van der Waals surface area contributed by atoms with Gasteiger partial charge in [-0.05, 0) is 41.8 Å². The largest absolute Gasteiger partial charge is 0.504 e. The molecule has 38 heavy (non-hydrogen) atoms. The Morgan fingerprint density at radius 3 is 2.32 bits per heavy atom. The summed E-state index contributed by atoms with van der Waals surface area (Å²) in [6.45, 7) is -0.716. The molecule has 7 N–H and O–H groups in total. The van der Waals surface area contributed by atoms with Crippen LogP contribution >= 0.6 is 0 Å². The van der Waals surface area contributed by atoms with Crippen molar-refractivity contribution in [3.05, 3.63) is 53.6 Å². The lowest BCUT2D eigenvalue weighted by Gasteiger charge is -2.39. The average molecular weight is 537 g/mol. The summed E-state index contributed by atoms with van der Waals surface area (Å²) in [5, 5.41) is 69.8. The van der Waals surface area contributed by atoms with Crippen LogP contribution in [0.4, 0.5) is 0 Å². The molecule has 1 saturated carbocycles. The summed E-state index contributed by atoms with van der Waals surface area (Å²) in [4.78, 5) is 0. The summed E-state index contributed by atoms with van der Waals surface area (Å²) in [5.41, 5.74) is 1.11. The minimum atomic E-state index is -1.40. The Kier molecular flexibility index (Phi) is 10.7. The zero-order valence-electron chi connectivity index (χ0n) is 21.3. The Morgan fingerprint density at radius 1 is 0.921 bits per heavy atom. The van der Waals surface area contributed by atoms with Gasteiger partial charge in [0.05, 0.1) is 39.6 Å². The van der Waals surface area contributed by atoms with Gasteiger partial charge in [-0.3, -0.25) is 0 Å². The van der Waals surface area contributed by atoms with E-state index in [2.05, 4.69) is 0 Å². The Hall–Kier alpha value is -2.90. The number of hydrogen-bond donors (Lipinski definition) is 7. The first-order valence-electron chi connectivity index (χ1n) is 12.2. The van der Waals surface area contributed by atoms with Crippen molar-refractivity contribution in [3.8, 4) is 23.0 Å². The van der Waals surface area contributed by atoms with Crippen molar-refractivity contribution in [1.82, 2.24) is 0 Å². The van der Waals surface area contributed by atoms with Crippen LogP contribution in [0, 0.1) is 5.92 Å². The van der Waals surface area contributed by atoms with E-state index in [1.807, 2.05) is 0 Å². The zero-order valence-corrected chi connectivity index (χ0v) is 21.3. The third kappa shape index (κ3) is 6.94. The molecular formula is C27H36O11. The van der Waals surface area contributed by atoms with Gasteiger partial charge >= 0.3 is 0 Å². The molecule has 1 fully saturated rings. The third-order valence-corrected chi connectivity index (χ3v) is 6.59. The van der Waals surface area contributed by atoms with Gasteiger partial charge in [0.2, 0.25) is 0 Å². The fourth-order valence-corrected chi connectivity index (χ4v) is 4.33. The van der Waals surface area contributed by atoms with Crippen LogP contribution in [0.25, 0.3) is 6.08 Å². The van der Waals surface area contributed by atoms with E-state index in [-0.39, 0.29) is 36.9 Å². The minimum Gasteiger partial charge on any atom is -0.504 e. The maximum atomic E-state index is 10.8. The van der Waals surface area contributed by atoms with Crippen molar-refractivity contribution < 1.29 is 54.7 Å². The number of benzene rings is 2. The first-order chi connectivity index (χ1) is 18.2. The topological polar surface area (TPSA) is 179 Å². The van der Waals surface area contributed by atoms with E-state index >= 15 is 0 Å². The molecule has 0 amide bonds. The van der Waals surface area contributed by atoms with Crippen molar-refractivity contribution in [3.63, 3.8) is 0 Å². The van der Waals surface area contributed by atoms with Crippen LogP contribution in [0.2, 0.25) is 0 Å². The van der Waals surface area contributed by atoms with E-state index in [4.69, 9.17) is 18.9 Å². The number of hydrogen-bond acceptors (Lipinski definition) is 11. The summed E-state index contributed by atoms with van der Waals surface area (Å²) in [7, 11) is 2.84. The van der Waals surface area contributed by atoms with Gasteiger partial charge < -0.3 is 54.7 Å². The highest BCUT2D eigenvalue weighted by Crippen LogP contribution is 2.34. The van der Waals surface area contributed by atoms with Crippen molar-refractivity contribution >= 4 is 6.08 Å². The highest BCUT2D eigenvalue weighted by molar-refractivity contribution is 5.56. The first-order valence-corrected chi connectivity index (χ1v) is 12.2. The standard InChI is InChI=1S/C27H36O11/c1-35-20-11-16(6-7-18(20)30)24(31)23(14-29)38-19-8-5-15(10-21(19)36-2)4-3-9-37-22-12-17(13-28)25(32)27(34)26(22)33/h3-8,10-11,17,22-34H,9,12-14H2,1-2H3/t17-,22+,23+,24-,25+,26-,27+/m1/s1. The van der Waals surface area contributed by atoms with Crippen LogP contribution in [-0.4, -0.2) is 100 Å². The summed E-state index contributed by atoms with van der Waals surface area (Å²) in [6.07, 6.45) is -3.23. The summed E-state index contributed by atoms with van der Waals surface area (Å²) >= 11 is 0. The molecule has 0 aliphatic heterocycles. The van der Waals surface area contributed by atoms with E-state index in [0.717, 1.165) is 5.56 Å². The van der Waals surface area contributed by atoms with Gasteiger partial charge in [0.25, 0.3) is 0 Å². The number of phenolic OH excluding ortho intramolecular Hbond substituents is 1. The van der Waals surface area contributed by atoms with Gasteiger partial charge in [-0.1, -0.05) is 24.3 Å². The molecule has 7 atom stereocenters. The number of aromatic hydroxyl groups is 1. The lowest BCUT2D eigenvalue weighted by atomic mass is 9.81. The second-order valence-electron chi connectivity index (χ2n) is 9.05. The fraction of sp³-hybridized carbons (Fsp3) is 0.481. The molecule has 0 unspecified atom stereocenters. The van der Waals surface area contributed by atoms with Crippen molar-refractivity contribution in [2.45, 2.75) is 43.0 Å². The number of rotatable bonds is 12. The van der Waals surface area contributed by atoms with Crippen LogP contribution in [0.1, 0.15) is 23.7 Å². The molecule has 0 saturated heterocycles. The van der Waals surface area contributed by atoms with Crippen LogP contribution in [0.3, 0.4) is 0 Å². The van der Waals surface area contributed by atoms with E-state index < -0.39 is 49.1 Å². The van der Waals surface area contributed by atoms with E-state index in [0.29, 0.717) is 11.3 Å². The van der Waals surface area contributed by atoms with Crippen LogP contribution in [0.5, 0.6) is 23.0 Å². The first kappa shape index (κ1) is 29.7. The fourth-order valence-electron chi connectivity index (χ4n) is 4.33. The second-order valence-corrected chi connectivity index (χ2v) is 9.05. The number of ether oxygens (including phenoxy) is 4. The normalized spacial score (nSPS) is 25.2. The van der Waals surface area contributed by atoms with Crippen LogP contribution in [0.15, 0.2) is 42.5 Å². The number of methoxy groups -OCH3 is 2. The van der Waals surface area contributed by atoms with Crippen molar-refractivity contribution in [2.75, 3.05) is 34.0 Å². The van der Waals surface area contributed by atoms with Gasteiger partial charge in [-0.15, -0.1) is 0 Å². The molecule has 0 bridgehead atoms. The highest BCUT2D eigenvalue weighted by Gasteiger charge is 2.42. The SMILES string of the molecule is COc1cc([C@@H](O)[C@H](CO)Oc2ccc(C=CCO[C@H]3C[C@H](CO)[C@H](O)[C@H](O)[C@@H]3O)cc2OC)ccc1O. The summed E-state index contributed by atoms with van der Waals surface area (Å²) in [5.74, 6) is 0.152. The van der Waals surface area contributed by atoms with Gasteiger partial charge in [-0.2, -0.15) is 0 Å². The third-order valence-electron chi connectivity index (χ3n) is 6.59. The predicted molar refractivity (Wildman–Crippen MR) is 136 cm³/mol. The van der Waals surface area contributed by atoms with Crippen LogP contribution in [-0.2, 0) is 4.74 Å². The predicted octanol–water partition coefficient (Wildman–Crippen LogP) is 0.376. The van der Waals surface area contributed by atoms with Gasteiger partial charge in [0, 0.05) is 12.5 Å². The molecule has 0 heterocycles.